The minimum atomic E-state index is -4.88. The Hall–Kier alpha value is -3.71. The number of rotatable bonds is 6. The monoisotopic (exact) mass is 509 g/mol. The molecule has 1 aromatic carbocycles. The maximum absolute atomic E-state index is 13.3. The van der Waals surface area contributed by atoms with E-state index in [1.807, 2.05) is 0 Å². The number of carbonyl (C=O) groups is 2. The van der Waals surface area contributed by atoms with Gasteiger partial charge in [-0.1, -0.05) is 6.07 Å². The van der Waals surface area contributed by atoms with Crippen LogP contribution in [0.1, 0.15) is 27.1 Å². The number of benzene rings is 1. The second kappa shape index (κ2) is 9.27. The lowest BCUT2D eigenvalue weighted by Crippen LogP contribution is -2.25. The van der Waals surface area contributed by atoms with Gasteiger partial charge in [-0.05, 0) is 42.6 Å². The topological polar surface area (TPSA) is 99.5 Å². The van der Waals surface area contributed by atoms with Crippen LogP contribution in [0.25, 0.3) is 16.5 Å². The van der Waals surface area contributed by atoms with Crippen molar-refractivity contribution in [2.75, 3.05) is 11.9 Å². The number of ether oxygens (including phenoxy) is 2. The zero-order valence-corrected chi connectivity index (χ0v) is 18.8. The van der Waals surface area contributed by atoms with Crippen molar-refractivity contribution in [3.05, 3.63) is 68.1 Å². The van der Waals surface area contributed by atoms with Crippen LogP contribution >= 0.6 is 22.7 Å². The summed E-state index contributed by atoms with van der Waals surface area (Å²) in [5, 5.41) is 10.4. The Morgan fingerprint density at radius 2 is 1.88 bits per heavy atom. The number of halogens is 3. The van der Waals surface area contributed by atoms with Gasteiger partial charge in [0.1, 0.15) is 10.8 Å². The van der Waals surface area contributed by atoms with Gasteiger partial charge in [0, 0.05) is 10.8 Å². The van der Waals surface area contributed by atoms with E-state index < -0.39 is 29.5 Å². The molecule has 0 bridgehead atoms. The number of anilines is 1. The van der Waals surface area contributed by atoms with Crippen molar-refractivity contribution in [1.82, 2.24) is 9.78 Å². The summed E-state index contributed by atoms with van der Waals surface area (Å²) < 4.78 is 47.1. The molecule has 1 amide bonds. The Morgan fingerprint density at radius 3 is 2.50 bits per heavy atom. The predicted molar refractivity (Wildman–Crippen MR) is 120 cm³/mol. The Balaban J connectivity index is 1.83. The maximum atomic E-state index is 13.3. The van der Waals surface area contributed by atoms with E-state index in [9.17, 15) is 27.6 Å². The molecule has 0 aliphatic rings. The smallest absolute Gasteiger partial charge is 0.461 e. The molecule has 0 radical (unpaired) electrons. The molecule has 0 unspecified atom stereocenters. The normalized spacial score (nSPS) is 11.4. The zero-order valence-electron chi connectivity index (χ0n) is 17.2. The van der Waals surface area contributed by atoms with Gasteiger partial charge in [-0.2, -0.15) is 9.78 Å². The van der Waals surface area contributed by atoms with Gasteiger partial charge in [-0.25, -0.2) is 4.79 Å². The molecular weight excluding hydrogens is 495 g/mol. The van der Waals surface area contributed by atoms with Crippen molar-refractivity contribution >= 4 is 50.3 Å². The molecule has 13 heteroatoms. The summed E-state index contributed by atoms with van der Waals surface area (Å²) >= 11 is 2.24. The standard InChI is InChI=1S/C21H14F3N3O5S2/c1-2-31-20(30)16-13-10-34-18(25-17(28)14-4-3-9-33-14)15(13)19(29)27(26-16)11-5-7-12(8-6-11)32-21(22,23)24/h3-10H,2H2,1H3,(H,25,28). The molecular formula is C21H14F3N3O5S2. The molecule has 0 saturated carbocycles. The highest BCUT2D eigenvalue weighted by atomic mass is 32.1. The molecule has 0 spiro atoms. The first-order valence-electron chi connectivity index (χ1n) is 9.60. The summed E-state index contributed by atoms with van der Waals surface area (Å²) in [5.41, 5.74) is -0.788. The van der Waals surface area contributed by atoms with Gasteiger partial charge in [0.25, 0.3) is 11.5 Å². The summed E-state index contributed by atoms with van der Waals surface area (Å²) in [7, 11) is 0. The van der Waals surface area contributed by atoms with Crippen LogP contribution in [0, 0.1) is 0 Å². The minimum absolute atomic E-state index is 0.0172. The van der Waals surface area contributed by atoms with Crippen molar-refractivity contribution in [3.8, 4) is 11.4 Å². The molecule has 4 rings (SSSR count). The predicted octanol–water partition coefficient (Wildman–Crippen LogP) is 4.84. The maximum Gasteiger partial charge on any atom is 0.573 e. The van der Waals surface area contributed by atoms with E-state index >= 15 is 0 Å². The Morgan fingerprint density at radius 1 is 1.15 bits per heavy atom. The number of amides is 1. The van der Waals surface area contributed by atoms with Gasteiger partial charge in [-0.3, -0.25) is 9.59 Å². The first-order valence-corrected chi connectivity index (χ1v) is 11.4. The second-order valence-corrected chi connectivity index (χ2v) is 8.44. The molecule has 3 heterocycles. The third kappa shape index (κ3) is 4.79. The number of alkyl halides is 3. The van der Waals surface area contributed by atoms with Crippen molar-refractivity contribution in [2.24, 2.45) is 0 Å². The van der Waals surface area contributed by atoms with Crippen LogP contribution in [0.5, 0.6) is 5.75 Å². The lowest BCUT2D eigenvalue weighted by Gasteiger charge is -2.11. The summed E-state index contributed by atoms with van der Waals surface area (Å²) in [5.74, 6) is -1.73. The van der Waals surface area contributed by atoms with E-state index in [1.165, 1.54) is 28.8 Å². The quantitative estimate of drug-likeness (QED) is 0.374. The summed E-state index contributed by atoms with van der Waals surface area (Å²) in [6.45, 7) is 1.65. The highest BCUT2D eigenvalue weighted by Crippen LogP contribution is 2.31. The number of fused-ring (bicyclic) bond motifs is 1. The fourth-order valence-corrected chi connectivity index (χ4v) is 4.58. The van der Waals surface area contributed by atoms with Crippen LogP contribution in [0.2, 0.25) is 0 Å². The third-order valence-electron chi connectivity index (χ3n) is 4.41. The van der Waals surface area contributed by atoms with Crippen LogP contribution in [0.3, 0.4) is 0 Å². The van der Waals surface area contributed by atoms with E-state index in [0.717, 1.165) is 28.2 Å². The average molecular weight is 509 g/mol. The van der Waals surface area contributed by atoms with Crippen LogP contribution in [0.15, 0.2) is 52.0 Å². The molecule has 0 atom stereocenters. The van der Waals surface area contributed by atoms with Crippen LogP contribution < -0.4 is 15.6 Å². The number of thiophene rings is 2. The minimum Gasteiger partial charge on any atom is -0.461 e. The van der Waals surface area contributed by atoms with E-state index in [0.29, 0.717) is 4.88 Å². The van der Waals surface area contributed by atoms with E-state index in [2.05, 4.69) is 15.2 Å². The van der Waals surface area contributed by atoms with E-state index in [-0.39, 0.29) is 33.8 Å². The molecule has 176 valence electrons. The van der Waals surface area contributed by atoms with Crippen molar-refractivity contribution < 1.29 is 32.2 Å². The van der Waals surface area contributed by atoms with Gasteiger partial charge >= 0.3 is 12.3 Å². The van der Waals surface area contributed by atoms with Crippen molar-refractivity contribution in [1.29, 1.82) is 0 Å². The Bertz CT molecular complexity index is 1410. The molecule has 0 saturated heterocycles. The highest BCUT2D eigenvalue weighted by Gasteiger charge is 2.31. The average Bonchev–Trinajstić information content (AvgIpc) is 3.45. The van der Waals surface area contributed by atoms with Gasteiger partial charge in [0.05, 0.1) is 22.6 Å². The summed E-state index contributed by atoms with van der Waals surface area (Å²) in [4.78, 5) is 38.8. The van der Waals surface area contributed by atoms with Crippen molar-refractivity contribution in [2.45, 2.75) is 13.3 Å². The SMILES string of the molecule is CCOC(=O)c1nn(-c2ccc(OC(F)(F)F)cc2)c(=O)c2c(NC(=O)c3cccs3)scc12. The number of carbonyl (C=O) groups excluding carboxylic acids is 2. The summed E-state index contributed by atoms with van der Waals surface area (Å²) in [6.07, 6.45) is -4.88. The van der Waals surface area contributed by atoms with Crippen molar-refractivity contribution in [3.63, 3.8) is 0 Å². The van der Waals surface area contributed by atoms with Gasteiger partial charge in [-0.15, -0.1) is 35.8 Å². The molecule has 1 N–H and O–H groups in total. The first-order chi connectivity index (χ1) is 16.2. The summed E-state index contributed by atoms with van der Waals surface area (Å²) in [6, 6.07) is 7.72. The van der Waals surface area contributed by atoms with E-state index in [1.54, 1.807) is 24.4 Å². The highest BCUT2D eigenvalue weighted by molar-refractivity contribution is 7.16. The molecule has 0 aliphatic heterocycles. The number of hydrogen-bond acceptors (Lipinski definition) is 8. The number of aromatic nitrogens is 2. The Kier molecular flexibility index (Phi) is 6.39. The second-order valence-electron chi connectivity index (χ2n) is 6.61. The molecule has 0 aliphatic carbocycles. The largest absolute Gasteiger partial charge is 0.573 e. The molecule has 8 nitrogen and oxygen atoms in total. The molecule has 3 aromatic heterocycles. The number of hydrogen-bond donors (Lipinski definition) is 1. The van der Waals surface area contributed by atoms with Crippen LogP contribution in [-0.2, 0) is 4.74 Å². The number of esters is 1. The fourth-order valence-electron chi connectivity index (χ4n) is 3.03. The molecule has 4 aromatic rings. The van der Waals surface area contributed by atoms with Gasteiger partial charge in [0.2, 0.25) is 0 Å². The fraction of sp³-hybridized carbons (Fsp3) is 0.143. The first kappa shape index (κ1) is 23.4. The van der Waals surface area contributed by atoms with E-state index in [4.69, 9.17) is 4.74 Å². The zero-order chi connectivity index (χ0) is 24.5. The Labute approximate surface area is 197 Å². The van der Waals surface area contributed by atoms with Gasteiger partial charge in [0.15, 0.2) is 5.69 Å². The lowest BCUT2D eigenvalue weighted by atomic mass is 10.2. The number of nitrogens with zero attached hydrogens (tertiary/aromatic N) is 2. The van der Waals surface area contributed by atoms with Crippen LogP contribution in [-0.4, -0.2) is 34.6 Å². The number of nitrogens with one attached hydrogen (secondary N) is 1. The molecule has 0 fully saturated rings. The van der Waals surface area contributed by atoms with Gasteiger partial charge < -0.3 is 14.8 Å². The third-order valence-corrected chi connectivity index (χ3v) is 6.17. The van der Waals surface area contributed by atoms with Crippen LogP contribution in [0.4, 0.5) is 18.2 Å². The molecule has 34 heavy (non-hydrogen) atoms. The lowest BCUT2D eigenvalue weighted by molar-refractivity contribution is -0.274.